The maximum Gasteiger partial charge on any atom is 0.261 e. The maximum atomic E-state index is 11.5. The smallest absolute Gasteiger partial charge is 0.261 e. The van der Waals surface area contributed by atoms with E-state index in [9.17, 15) is 8.42 Å². The highest BCUT2D eigenvalue weighted by molar-refractivity contribution is 8.13. The molecule has 0 aliphatic carbocycles. The van der Waals surface area contributed by atoms with E-state index in [-0.39, 0.29) is 15.9 Å². The number of benzene rings is 1. The van der Waals surface area contributed by atoms with Gasteiger partial charge in [-0.2, -0.15) is 0 Å². The Morgan fingerprint density at radius 3 is 2.32 bits per heavy atom. The first-order valence-corrected chi connectivity index (χ1v) is 8.52. The number of rotatable bonds is 1. The van der Waals surface area contributed by atoms with E-state index in [0.717, 1.165) is 23.3 Å². The highest BCUT2D eigenvalue weighted by Gasteiger charge is 2.40. The molecular formula is C14H19ClO3S. The fraction of sp³-hybridized carbons (Fsp3) is 0.571. The summed E-state index contributed by atoms with van der Waals surface area (Å²) < 4.78 is 29.1. The molecule has 0 atom stereocenters. The molecule has 2 rings (SSSR count). The minimum absolute atomic E-state index is 0.141. The Balaban J connectivity index is 2.72. The van der Waals surface area contributed by atoms with Crippen molar-refractivity contribution in [2.75, 3.05) is 0 Å². The molecular weight excluding hydrogens is 284 g/mol. The summed E-state index contributed by atoms with van der Waals surface area (Å²) in [6.07, 6.45) is 0.818. The van der Waals surface area contributed by atoms with Gasteiger partial charge in [-0.1, -0.05) is 13.8 Å². The van der Waals surface area contributed by atoms with Gasteiger partial charge in [0.2, 0.25) is 0 Å². The van der Waals surface area contributed by atoms with Crippen LogP contribution in [0.3, 0.4) is 0 Å². The van der Waals surface area contributed by atoms with Gasteiger partial charge in [-0.3, -0.25) is 0 Å². The molecule has 0 unspecified atom stereocenters. The zero-order valence-corrected chi connectivity index (χ0v) is 13.4. The van der Waals surface area contributed by atoms with Crippen LogP contribution in [0.1, 0.15) is 45.2 Å². The number of ether oxygens (including phenoxy) is 1. The minimum Gasteiger partial charge on any atom is -0.487 e. The summed E-state index contributed by atoms with van der Waals surface area (Å²) in [5.41, 5.74) is 1.30. The van der Waals surface area contributed by atoms with Crippen molar-refractivity contribution in [2.24, 2.45) is 0 Å². The van der Waals surface area contributed by atoms with E-state index in [4.69, 9.17) is 15.4 Å². The first-order valence-electron chi connectivity index (χ1n) is 6.21. The highest BCUT2D eigenvalue weighted by Crippen LogP contribution is 2.47. The molecule has 3 nitrogen and oxygen atoms in total. The van der Waals surface area contributed by atoms with E-state index >= 15 is 0 Å². The Hall–Kier alpha value is -0.740. The molecule has 0 fully saturated rings. The predicted molar refractivity (Wildman–Crippen MR) is 76.6 cm³/mol. The summed E-state index contributed by atoms with van der Waals surface area (Å²) in [5, 5.41) is 0. The van der Waals surface area contributed by atoms with Crippen LogP contribution in [0.25, 0.3) is 0 Å². The molecule has 0 aromatic heterocycles. The Labute approximate surface area is 119 Å². The van der Waals surface area contributed by atoms with Crippen LogP contribution in [-0.2, 0) is 14.5 Å². The van der Waals surface area contributed by atoms with Gasteiger partial charge in [0, 0.05) is 16.2 Å². The zero-order chi connectivity index (χ0) is 14.6. The molecule has 1 aliphatic heterocycles. The minimum atomic E-state index is -3.72. The number of fused-ring (bicyclic) bond motifs is 1. The number of halogens is 1. The third kappa shape index (κ3) is 2.75. The number of hydrogen-bond donors (Lipinski definition) is 0. The lowest BCUT2D eigenvalue weighted by Gasteiger charge is -2.43. The predicted octanol–water partition coefficient (Wildman–Crippen LogP) is 3.76. The lowest BCUT2D eigenvalue weighted by atomic mass is 9.73. The topological polar surface area (TPSA) is 43.4 Å². The summed E-state index contributed by atoms with van der Waals surface area (Å²) in [4.78, 5) is 0.141. The molecule has 5 heteroatoms. The molecule has 106 valence electrons. The summed E-state index contributed by atoms with van der Waals surface area (Å²) >= 11 is 0. The second-order valence-corrected chi connectivity index (χ2v) is 9.04. The van der Waals surface area contributed by atoms with Crippen LogP contribution in [0.5, 0.6) is 5.75 Å². The van der Waals surface area contributed by atoms with Gasteiger partial charge < -0.3 is 4.74 Å². The first kappa shape index (κ1) is 14.7. The molecule has 0 radical (unpaired) electrons. The summed E-state index contributed by atoms with van der Waals surface area (Å²) in [5.74, 6) is 0.783. The van der Waals surface area contributed by atoms with Crippen molar-refractivity contribution in [2.45, 2.75) is 57.0 Å². The molecule has 19 heavy (non-hydrogen) atoms. The Kier molecular flexibility index (Phi) is 3.18. The van der Waals surface area contributed by atoms with Gasteiger partial charge in [0.15, 0.2) is 0 Å². The molecule has 0 amide bonds. The molecule has 1 aromatic rings. The third-order valence-corrected chi connectivity index (χ3v) is 4.84. The van der Waals surface area contributed by atoms with Crippen LogP contribution in [0.15, 0.2) is 17.0 Å². The quantitative estimate of drug-likeness (QED) is 0.742. The van der Waals surface area contributed by atoms with E-state index in [2.05, 4.69) is 13.8 Å². The molecule has 0 saturated heterocycles. The van der Waals surface area contributed by atoms with Crippen LogP contribution in [0, 0.1) is 6.92 Å². The van der Waals surface area contributed by atoms with Gasteiger partial charge >= 0.3 is 0 Å². The molecule has 1 aromatic carbocycles. The Bertz CT molecular complexity index is 630. The Morgan fingerprint density at radius 1 is 1.21 bits per heavy atom. The zero-order valence-electron chi connectivity index (χ0n) is 11.9. The summed E-state index contributed by atoms with van der Waals surface area (Å²) in [6, 6.07) is 3.21. The first-order chi connectivity index (χ1) is 8.42. The van der Waals surface area contributed by atoms with Crippen LogP contribution < -0.4 is 4.74 Å². The van der Waals surface area contributed by atoms with Crippen molar-refractivity contribution in [3.8, 4) is 5.75 Å². The lowest BCUT2D eigenvalue weighted by molar-refractivity contribution is 0.0523. The fourth-order valence-corrected chi connectivity index (χ4v) is 3.84. The van der Waals surface area contributed by atoms with Crippen LogP contribution >= 0.6 is 10.7 Å². The van der Waals surface area contributed by atoms with Gasteiger partial charge in [0.1, 0.15) is 11.4 Å². The molecule has 0 saturated carbocycles. The van der Waals surface area contributed by atoms with Crippen molar-refractivity contribution in [1.29, 1.82) is 0 Å². The van der Waals surface area contributed by atoms with E-state index < -0.39 is 9.05 Å². The average molecular weight is 303 g/mol. The van der Waals surface area contributed by atoms with Gasteiger partial charge in [0.05, 0.1) is 4.90 Å². The number of hydrogen-bond acceptors (Lipinski definition) is 3. The average Bonchev–Trinajstić information content (AvgIpc) is 2.15. The molecule has 1 aliphatic rings. The van der Waals surface area contributed by atoms with Crippen molar-refractivity contribution in [3.63, 3.8) is 0 Å². The van der Waals surface area contributed by atoms with Gasteiger partial charge in [0.25, 0.3) is 9.05 Å². The molecule has 0 spiro atoms. The largest absolute Gasteiger partial charge is 0.487 e. The molecule has 1 heterocycles. The monoisotopic (exact) mass is 302 g/mol. The molecule has 0 bridgehead atoms. The van der Waals surface area contributed by atoms with E-state index in [0.29, 0.717) is 0 Å². The van der Waals surface area contributed by atoms with Crippen LogP contribution in [-0.4, -0.2) is 14.0 Å². The van der Waals surface area contributed by atoms with E-state index in [1.54, 1.807) is 12.1 Å². The van der Waals surface area contributed by atoms with Gasteiger partial charge in [-0.15, -0.1) is 0 Å². The van der Waals surface area contributed by atoms with E-state index in [1.807, 2.05) is 20.8 Å². The standard InChI is InChI=1S/C14H19ClO3S/c1-9-6-10(19(15,16)17)7-11-12(9)18-14(4,5)8-13(11,2)3/h6-7H,8H2,1-5H3. The van der Waals surface area contributed by atoms with Gasteiger partial charge in [-0.05, 0) is 50.3 Å². The SMILES string of the molecule is Cc1cc(S(=O)(=O)Cl)cc2c1OC(C)(C)CC2(C)C. The highest BCUT2D eigenvalue weighted by atomic mass is 35.7. The fourth-order valence-electron chi connectivity index (χ4n) is 2.99. The van der Waals surface area contributed by atoms with Crippen molar-refractivity contribution < 1.29 is 13.2 Å². The maximum absolute atomic E-state index is 11.5. The van der Waals surface area contributed by atoms with Crippen LogP contribution in [0.4, 0.5) is 0 Å². The van der Waals surface area contributed by atoms with Crippen molar-refractivity contribution >= 4 is 19.7 Å². The summed E-state index contributed by atoms with van der Waals surface area (Å²) in [6.45, 7) is 10.1. The lowest BCUT2D eigenvalue weighted by Crippen LogP contribution is -2.41. The Morgan fingerprint density at radius 2 is 1.79 bits per heavy atom. The molecule has 0 N–H and O–H groups in total. The second kappa shape index (κ2) is 4.13. The summed E-state index contributed by atoms with van der Waals surface area (Å²) in [7, 11) is 1.73. The van der Waals surface area contributed by atoms with E-state index in [1.165, 1.54) is 0 Å². The van der Waals surface area contributed by atoms with Gasteiger partial charge in [-0.25, -0.2) is 8.42 Å². The van der Waals surface area contributed by atoms with Crippen LogP contribution in [0.2, 0.25) is 0 Å². The third-order valence-electron chi connectivity index (χ3n) is 3.50. The normalized spacial score (nSPS) is 20.5. The second-order valence-electron chi connectivity index (χ2n) is 6.48. The van der Waals surface area contributed by atoms with Crippen molar-refractivity contribution in [3.05, 3.63) is 23.3 Å². The van der Waals surface area contributed by atoms with Crippen molar-refractivity contribution in [1.82, 2.24) is 0 Å². The number of aryl methyl sites for hydroxylation is 1.